The number of aliphatic carboxylic acids is 1. The highest BCUT2D eigenvalue weighted by Gasteiger charge is 2.58. The van der Waals surface area contributed by atoms with E-state index in [4.69, 9.17) is 9.94 Å². The summed E-state index contributed by atoms with van der Waals surface area (Å²) in [6.45, 7) is 5.29. The lowest BCUT2D eigenvalue weighted by Crippen LogP contribution is -2.51. The molecule has 0 radical (unpaired) electrons. The fourth-order valence-electron chi connectivity index (χ4n) is 8.71. The van der Waals surface area contributed by atoms with E-state index >= 15 is 0 Å². The van der Waals surface area contributed by atoms with Gasteiger partial charge < -0.3 is 20.4 Å². The van der Waals surface area contributed by atoms with Crippen molar-refractivity contribution in [2.24, 2.45) is 45.6 Å². The van der Waals surface area contributed by atoms with Gasteiger partial charge in [-0.25, -0.2) is 0 Å². The molecule has 0 aromatic rings. The number of aliphatic hydroxyl groups is 1. The minimum atomic E-state index is -0.702. The van der Waals surface area contributed by atoms with Crippen LogP contribution in [0, 0.1) is 40.4 Å². The number of carboxylic acids is 1. The molecular weight excluding hydrogens is 456 g/mol. The number of hydrogen-bond donors (Lipinski definition) is 3. The normalized spacial score (nSPS) is 43.1. The second kappa shape index (κ2) is 10.1. The summed E-state index contributed by atoms with van der Waals surface area (Å²) in [6, 6.07) is 0. The van der Waals surface area contributed by atoms with Crippen molar-refractivity contribution in [1.29, 1.82) is 0 Å². The van der Waals surface area contributed by atoms with Crippen molar-refractivity contribution in [3.63, 3.8) is 0 Å². The SMILES string of the molecule is CC12CCC(=NOCC(=O)NCC3CCC(C(=O)O)CC3)C=C1CCC1C2CCC2(C)C(O)CCC12. The van der Waals surface area contributed by atoms with Gasteiger partial charge in [-0.2, -0.15) is 0 Å². The zero-order valence-corrected chi connectivity index (χ0v) is 22.0. The Morgan fingerprint density at radius 1 is 1.03 bits per heavy atom. The van der Waals surface area contributed by atoms with Gasteiger partial charge in [0.05, 0.1) is 17.7 Å². The minimum Gasteiger partial charge on any atom is -0.481 e. The number of oxime groups is 1. The number of nitrogens with one attached hydrogen (secondary N) is 1. The second-order valence-corrected chi connectivity index (χ2v) is 12.9. The number of aliphatic hydroxyl groups excluding tert-OH is 1. The largest absolute Gasteiger partial charge is 0.481 e. The molecule has 1 amide bonds. The molecule has 6 atom stereocenters. The van der Waals surface area contributed by atoms with E-state index in [0.29, 0.717) is 37.1 Å². The van der Waals surface area contributed by atoms with Crippen molar-refractivity contribution >= 4 is 17.6 Å². The molecule has 0 aliphatic heterocycles. The predicted octanol–water partition coefficient (Wildman–Crippen LogP) is 4.69. The standard InChI is InChI=1S/C29H44N2O5/c1-28-13-11-21(31-36-17-26(33)30-16-18-3-5-19(6-4-18)27(34)35)15-20(28)7-8-22-23-9-10-25(32)29(23,2)14-12-24(22)28/h15,18-19,22-25,32H,3-14,16-17H2,1-2H3,(H,30,33)(H,34,35). The van der Waals surface area contributed by atoms with Gasteiger partial charge in [-0.1, -0.05) is 24.6 Å². The van der Waals surface area contributed by atoms with Gasteiger partial charge in [-0.3, -0.25) is 9.59 Å². The Balaban J connectivity index is 1.11. The van der Waals surface area contributed by atoms with Gasteiger partial charge in [0, 0.05) is 6.54 Å². The third kappa shape index (κ3) is 4.72. The molecule has 7 nitrogen and oxygen atoms in total. The lowest BCUT2D eigenvalue weighted by Gasteiger charge is -2.57. The average Bonchev–Trinajstić information content (AvgIpc) is 3.17. The monoisotopic (exact) mass is 500 g/mol. The Kier molecular flexibility index (Phi) is 7.23. The molecule has 6 unspecified atom stereocenters. The van der Waals surface area contributed by atoms with Crippen LogP contribution in [0.15, 0.2) is 16.8 Å². The van der Waals surface area contributed by atoms with E-state index in [2.05, 4.69) is 30.4 Å². The summed E-state index contributed by atoms with van der Waals surface area (Å²) in [4.78, 5) is 28.8. The van der Waals surface area contributed by atoms with Crippen molar-refractivity contribution in [3.05, 3.63) is 11.6 Å². The van der Waals surface area contributed by atoms with Gasteiger partial charge in [-0.15, -0.1) is 0 Å². The minimum absolute atomic E-state index is 0.0816. The van der Waals surface area contributed by atoms with E-state index in [9.17, 15) is 14.7 Å². The van der Waals surface area contributed by atoms with Crippen molar-refractivity contribution in [2.45, 2.75) is 97.0 Å². The first-order valence-electron chi connectivity index (χ1n) is 14.3. The number of carbonyl (C=O) groups excluding carboxylic acids is 1. The molecule has 7 heteroatoms. The first kappa shape index (κ1) is 25.7. The molecule has 0 spiro atoms. The third-order valence-corrected chi connectivity index (χ3v) is 11.1. The van der Waals surface area contributed by atoms with Crippen molar-refractivity contribution in [2.75, 3.05) is 13.2 Å². The molecule has 3 N–H and O–H groups in total. The van der Waals surface area contributed by atoms with E-state index in [1.165, 1.54) is 24.8 Å². The molecule has 0 aromatic heterocycles. The van der Waals surface area contributed by atoms with E-state index in [-0.39, 0.29) is 35.4 Å². The highest BCUT2D eigenvalue weighted by atomic mass is 16.6. The van der Waals surface area contributed by atoms with Crippen LogP contribution >= 0.6 is 0 Å². The number of rotatable bonds is 6. The van der Waals surface area contributed by atoms with Crippen LogP contribution in [0.4, 0.5) is 0 Å². The summed E-state index contributed by atoms with van der Waals surface area (Å²) in [7, 11) is 0. The third-order valence-electron chi connectivity index (χ3n) is 11.1. The van der Waals surface area contributed by atoms with Crippen LogP contribution in [0.5, 0.6) is 0 Å². The van der Waals surface area contributed by atoms with Gasteiger partial charge in [-0.05, 0) is 118 Å². The fraction of sp³-hybridized carbons (Fsp3) is 0.828. The van der Waals surface area contributed by atoms with E-state index in [1.54, 1.807) is 0 Å². The molecule has 0 bridgehead atoms. The smallest absolute Gasteiger partial charge is 0.306 e. The summed E-state index contributed by atoms with van der Waals surface area (Å²) in [5.74, 6) is 1.32. The predicted molar refractivity (Wildman–Crippen MR) is 137 cm³/mol. The number of carbonyl (C=O) groups is 2. The number of allylic oxidation sites excluding steroid dienone is 2. The van der Waals surface area contributed by atoms with Crippen LogP contribution in [0.1, 0.15) is 90.9 Å². The molecule has 5 aliphatic rings. The number of nitrogens with zero attached hydrogens (tertiary/aromatic N) is 1. The Labute approximate surface area is 215 Å². The number of amides is 1. The lowest BCUT2D eigenvalue weighted by molar-refractivity contribution is -0.143. The molecule has 4 fully saturated rings. The Morgan fingerprint density at radius 3 is 2.56 bits per heavy atom. The molecule has 200 valence electrons. The molecule has 0 heterocycles. The van der Waals surface area contributed by atoms with E-state index < -0.39 is 5.97 Å². The second-order valence-electron chi connectivity index (χ2n) is 12.9. The van der Waals surface area contributed by atoms with Gasteiger partial charge in [0.1, 0.15) is 0 Å². The molecule has 0 aromatic carbocycles. The van der Waals surface area contributed by atoms with E-state index in [0.717, 1.165) is 56.6 Å². The fourth-order valence-corrected chi connectivity index (χ4v) is 8.71. The summed E-state index contributed by atoms with van der Waals surface area (Å²) in [5, 5.41) is 27.0. The number of hydrogen-bond acceptors (Lipinski definition) is 5. The van der Waals surface area contributed by atoms with Crippen molar-refractivity contribution in [1.82, 2.24) is 5.32 Å². The lowest BCUT2D eigenvalue weighted by atomic mass is 9.47. The molecule has 5 aliphatic carbocycles. The van der Waals surface area contributed by atoms with Crippen LogP contribution in [-0.2, 0) is 14.4 Å². The summed E-state index contributed by atoms with van der Waals surface area (Å²) in [5.41, 5.74) is 2.78. The maximum Gasteiger partial charge on any atom is 0.306 e. The van der Waals surface area contributed by atoms with E-state index in [1.807, 2.05) is 0 Å². The Morgan fingerprint density at radius 2 is 1.81 bits per heavy atom. The summed E-state index contributed by atoms with van der Waals surface area (Å²) < 4.78 is 0. The maximum atomic E-state index is 12.2. The van der Waals surface area contributed by atoms with Crippen molar-refractivity contribution in [3.8, 4) is 0 Å². The molecule has 5 rings (SSSR count). The van der Waals surface area contributed by atoms with Crippen LogP contribution < -0.4 is 5.32 Å². The zero-order chi connectivity index (χ0) is 25.5. The van der Waals surface area contributed by atoms with Crippen molar-refractivity contribution < 1.29 is 24.6 Å². The van der Waals surface area contributed by atoms with Crippen LogP contribution in [-0.4, -0.2) is 47.1 Å². The topological polar surface area (TPSA) is 108 Å². The maximum absolute atomic E-state index is 12.2. The zero-order valence-electron chi connectivity index (χ0n) is 22.0. The van der Waals surface area contributed by atoms with Gasteiger partial charge in [0.25, 0.3) is 5.91 Å². The number of carboxylic acid groups (broad SMARTS) is 1. The Hall–Kier alpha value is -1.89. The van der Waals surface area contributed by atoms with Gasteiger partial charge in [0.2, 0.25) is 0 Å². The summed E-state index contributed by atoms with van der Waals surface area (Å²) in [6.07, 6.45) is 14.0. The molecule has 4 saturated carbocycles. The highest BCUT2D eigenvalue weighted by molar-refractivity contribution is 5.96. The quantitative estimate of drug-likeness (QED) is 0.459. The first-order valence-corrected chi connectivity index (χ1v) is 14.3. The molecular formula is C29H44N2O5. The molecule has 0 saturated heterocycles. The van der Waals surface area contributed by atoms with Crippen LogP contribution in [0.25, 0.3) is 0 Å². The van der Waals surface area contributed by atoms with Crippen LogP contribution in [0.2, 0.25) is 0 Å². The number of fused-ring (bicyclic) bond motifs is 5. The highest BCUT2D eigenvalue weighted by Crippen LogP contribution is 2.65. The average molecular weight is 501 g/mol. The Bertz CT molecular complexity index is 923. The van der Waals surface area contributed by atoms with Gasteiger partial charge >= 0.3 is 5.97 Å². The first-order chi connectivity index (χ1) is 17.2. The molecule has 36 heavy (non-hydrogen) atoms. The summed E-state index contributed by atoms with van der Waals surface area (Å²) >= 11 is 0. The van der Waals surface area contributed by atoms with Crippen LogP contribution in [0.3, 0.4) is 0 Å². The van der Waals surface area contributed by atoms with Gasteiger partial charge in [0.15, 0.2) is 6.61 Å².